The van der Waals surface area contributed by atoms with Crippen LogP contribution in [0.3, 0.4) is 0 Å². The van der Waals surface area contributed by atoms with Gasteiger partial charge in [0.05, 0.1) is 5.69 Å². The number of nitrogens with zero attached hydrogens (tertiary/aromatic N) is 2. The molecular formula is C23H23N3O2. The zero-order chi connectivity index (χ0) is 19.9. The second-order valence-corrected chi connectivity index (χ2v) is 6.31. The van der Waals surface area contributed by atoms with Gasteiger partial charge in [0.2, 0.25) is 0 Å². The third kappa shape index (κ3) is 4.57. The maximum atomic E-state index is 11.5. The van der Waals surface area contributed by atoms with Crippen molar-refractivity contribution in [3.05, 3.63) is 91.2 Å². The van der Waals surface area contributed by atoms with Crippen LogP contribution >= 0.6 is 0 Å². The molecule has 3 rings (SSSR count). The molecule has 0 amide bonds. The van der Waals surface area contributed by atoms with Crippen molar-refractivity contribution in [2.75, 3.05) is 5.32 Å². The number of benzene rings is 2. The third-order valence-corrected chi connectivity index (χ3v) is 4.10. The lowest BCUT2D eigenvalue weighted by Gasteiger charge is -2.15. The molecule has 0 saturated carbocycles. The van der Waals surface area contributed by atoms with Crippen molar-refractivity contribution in [2.45, 2.75) is 19.8 Å². The Labute approximate surface area is 165 Å². The van der Waals surface area contributed by atoms with Crippen molar-refractivity contribution in [3.63, 3.8) is 0 Å². The Balaban J connectivity index is 1.93. The van der Waals surface area contributed by atoms with Gasteiger partial charge >= 0.3 is 5.97 Å². The van der Waals surface area contributed by atoms with Crippen LogP contribution in [0.25, 0.3) is 5.69 Å². The highest BCUT2D eigenvalue weighted by molar-refractivity contribution is 5.72. The molecule has 0 unspecified atom stereocenters. The third-order valence-electron chi connectivity index (χ3n) is 4.10. The van der Waals surface area contributed by atoms with Gasteiger partial charge in [0.15, 0.2) is 5.82 Å². The molecule has 0 spiro atoms. The van der Waals surface area contributed by atoms with Gasteiger partial charge in [0.25, 0.3) is 0 Å². The molecule has 0 aliphatic carbocycles. The topological polar surface area (TPSA) is 56.1 Å². The molecule has 0 aliphatic rings. The number of para-hydroxylation sites is 1. The van der Waals surface area contributed by atoms with Crippen molar-refractivity contribution in [1.29, 1.82) is 0 Å². The first kappa shape index (κ1) is 19.2. The normalized spacial score (nSPS) is 10.3. The maximum absolute atomic E-state index is 11.5. The van der Waals surface area contributed by atoms with Crippen molar-refractivity contribution in [2.24, 2.45) is 0 Å². The smallest absolute Gasteiger partial charge is 0.308 e. The van der Waals surface area contributed by atoms with E-state index >= 15 is 0 Å². The number of anilines is 2. The molecule has 0 saturated heterocycles. The van der Waals surface area contributed by atoms with Crippen LogP contribution in [0, 0.1) is 0 Å². The van der Waals surface area contributed by atoms with Crippen molar-refractivity contribution < 1.29 is 9.53 Å². The molecule has 0 atom stereocenters. The minimum atomic E-state index is -0.349. The lowest BCUT2D eigenvalue weighted by Crippen LogP contribution is -2.07. The molecule has 5 nitrogen and oxygen atoms in total. The summed E-state index contributed by atoms with van der Waals surface area (Å²) in [7, 11) is 0. The molecule has 2 aromatic carbocycles. The van der Waals surface area contributed by atoms with Gasteiger partial charge in [-0.05, 0) is 37.1 Å². The highest BCUT2D eigenvalue weighted by Crippen LogP contribution is 2.31. The van der Waals surface area contributed by atoms with E-state index in [1.807, 2.05) is 59.4 Å². The molecule has 0 fully saturated rings. The van der Waals surface area contributed by atoms with E-state index in [2.05, 4.69) is 23.6 Å². The summed E-state index contributed by atoms with van der Waals surface area (Å²) in [5, 5.41) is 7.91. The van der Waals surface area contributed by atoms with Crippen LogP contribution in [0.4, 0.5) is 11.5 Å². The Morgan fingerprint density at radius 1 is 1.11 bits per heavy atom. The number of nitrogens with one attached hydrogen (secondary N) is 1. The van der Waals surface area contributed by atoms with E-state index < -0.39 is 0 Å². The van der Waals surface area contributed by atoms with Gasteiger partial charge in [-0.1, -0.05) is 30.4 Å². The van der Waals surface area contributed by atoms with Gasteiger partial charge in [-0.2, -0.15) is 5.10 Å². The largest absolute Gasteiger partial charge is 0.426 e. The van der Waals surface area contributed by atoms with Crippen molar-refractivity contribution in [3.8, 4) is 11.4 Å². The molecule has 0 aliphatic heterocycles. The second kappa shape index (κ2) is 8.86. The van der Waals surface area contributed by atoms with Crippen LogP contribution in [0.2, 0.25) is 0 Å². The molecule has 3 aromatic rings. The maximum Gasteiger partial charge on any atom is 0.308 e. The quantitative estimate of drug-likeness (QED) is 0.343. The fraction of sp³-hybridized carbons (Fsp3) is 0.130. The van der Waals surface area contributed by atoms with Gasteiger partial charge in [-0.25, -0.2) is 4.68 Å². The zero-order valence-electron chi connectivity index (χ0n) is 15.9. The summed E-state index contributed by atoms with van der Waals surface area (Å²) in [6, 6.07) is 15.7. The SMILES string of the molecule is C=CCc1cc(Nc2ccn(-c3ccccc3)n2)cc(CC=C)c1OC(C)=O. The van der Waals surface area contributed by atoms with Gasteiger partial charge in [-0.15, -0.1) is 13.2 Å². The number of hydrogen-bond donors (Lipinski definition) is 1. The second-order valence-electron chi connectivity index (χ2n) is 6.31. The lowest BCUT2D eigenvalue weighted by molar-refractivity contribution is -0.132. The number of rotatable bonds is 8. The average molecular weight is 373 g/mol. The molecule has 1 heterocycles. The first-order valence-electron chi connectivity index (χ1n) is 9.05. The van der Waals surface area contributed by atoms with Crippen LogP contribution in [0.15, 0.2) is 80.0 Å². The molecule has 1 aromatic heterocycles. The number of aromatic nitrogens is 2. The molecule has 0 radical (unpaired) electrons. The number of carbonyl (C=O) groups excluding carboxylic acids is 1. The lowest BCUT2D eigenvalue weighted by atomic mass is 10.0. The predicted octanol–water partition coefficient (Wildman–Crippen LogP) is 5.00. The van der Waals surface area contributed by atoms with Crippen LogP contribution < -0.4 is 10.1 Å². The van der Waals surface area contributed by atoms with E-state index in [0.29, 0.717) is 18.6 Å². The van der Waals surface area contributed by atoms with Gasteiger partial charge in [0.1, 0.15) is 5.75 Å². The van der Waals surface area contributed by atoms with E-state index in [-0.39, 0.29) is 5.97 Å². The minimum absolute atomic E-state index is 0.349. The Morgan fingerprint density at radius 3 is 2.32 bits per heavy atom. The highest BCUT2D eigenvalue weighted by atomic mass is 16.5. The summed E-state index contributed by atoms with van der Waals surface area (Å²) in [6.45, 7) is 9.01. The van der Waals surface area contributed by atoms with Crippen molar-refractivity contribution in [1.82, 2.24) is 9.78 Å². The monoisotopic (exact) mass is 373 g/mol. The van der Waals surface area contributed by atoms with E-state index in [1.165, 1.54) is 6.92 Å². The van der Waals surface area contributed by atoms with Crippen LogP contribution in [0.5, 0.6) is 5.75 Å². The summed E-state index contributed by atoms with van der Waals surface area (Å²) in [6.07, 6.45) is 6.64. The summed E-state index contributed by atoms with van der Waals surface area (Å²) >= 11 is 0. The van der Waals surface area contributed by atoms with E-state index in [1.54, 1.807) is 12.2 Å². The average Bonchev–Trinajstić information content (AvgIpc) is 3.14. The molecule has 28 heavy (non-hydrogen) atoms. The number of allylic oxidation sites excluding steroid dienone is 2. The Bertz CT molecular complexity index is 959. The first-order valence-corrected chi connectivity index (χ1v) is 9.05. The molecule has 5 heteroatoms. The fourth-order valence-electron chi connectivity index (χ4n) is 2.98. The summed E-state index contributed by atoms with van der Waals surface area (Å²) in [5.41, 5.74) is 3.62. The Hall–Kier alpha value is -3.60. The number of hydrogen-bond acceptors (Lipinski definition) is 4. The van der Waals surface area contributed by atoms with Crippen LogP contribution in [0.1, 0.15) is 18.1 Å². The molecule has 0 bridgehead atoms. The van der Waals surface area contributed by atoms with Gasteiger partial charge < -0.3 is 10.1 Å². The summed E-state index contributed by atoms with van der Waals surface area (Å²) in [5.74, 6) is 0.948. The Kier molecular flexibility index (Phi) is 6.07. The van der Waals surface area contributed by atoms with Crippen LogP contribution in [-0.4, -0.2) is 15.7 Å². The van der Waals surface area contributed by atoms with Crippen molar-refractivity contribution >= 4 is 17.5 Å². The number of esters is 1. The fourth-order valence-corrected chi connectivity index (χ4v) is 2.98. The van der Waals surface area contributed by atoms with Crippen LogP contribution in [-0.2, 0) is 17.6 Å². The van der Waals surface area contributed by atoms with Gasteiger partial charge in [-0.3, -0.25) is 4.79 Å². The number of carbonyl (C=O) groups is 1. The van der Waals surface area contributed by atoms with E-state index in [4.69, 9.17) is 4.74 Å². The number of ether oxygens (including phenoxy) is 1. The summed E-state index contributed by atoms with van der Waals surface area (Å²) in [4.78, 5) is 11.5. The van der Waals surface area contributed by atoms with Gasteiger partial charge in [0, 0.05) is 36.0 Å². The zero-order valence-corrected chi connectivity index (χ0v) is 15.9. The predicted molar refractivity (Wildman–Crippen MR) is 112 cm³/mol. The van der Waals surface area contributed by atoms with E-state index in [0.717, 1.165) is 28.3 Å². The molecule has 1 N–H and O–H groups in total. The molecular weight excluding hydrogens is 350 g/mol. The molecule has 142 valence electrons. The minimum Gasteiger partial charge on any atom is -0.426 e. The summed E-state index contributed by atoms with van der Waals surface area (Å²) < 4.78 is 7.28. The standard InChI is InChI=1S/C23H23N3O2/c1-4-9-18-15-20(16-19(10-5-2)23(18)28-17(3)27)24-22-13-14-26(25-22)21-11-7-6-8-12-21/h4-8,11-16H,1-2,9-10H2,3H3,(H,24,25). The highest BCUT2D eigenvalue weighted by Gasteiger charge is 2.14. The first-order chi connectivity index (χ1) is 13.6. The Morgan fingerprint density at radius 2 is 1.75 bits per heavy atom. The van der Waals surface area contributed by atoms with E-state index in [9.17, 15) is 4.79 Å².